The molecule has 3 N–H and O–H groups in total. The lowest BCUT2D eigenvalue weighted by atomic mass is 9.94. The van der Waals surface area contributed by atoms with E-state index < -0.39 is 35.6 Å². The number of aromatic nitrogens is 1. The molecule has 9 heteroatoms. The van der Waals surface area contributed by atoms with Gasteiger partial charge in [-0.3, -0.25) is 9.78 Å². The van der Waals surface area contributed by atoms with E-state index in [2.05, 4.69) is 10.3 Å². The molecule has 0 aliphatic carbocycles. The van der Waals surface area contributed by atoms with Gasteiger partial charge in [0.05, 0.1) is 12.1 Å². The average molecular weight is 444 g/mol. The highest BCUT2D eigenvalue weighted by molar-refractivity contribution is 5.81. The lowest BCUT2D eigenvalue weighted by molar-refractivity contribution is -0.144. The molecule has 0 saturated carbocycles. The van der Waals surface area contributed by atoms with Gasteiger partial charge in [0.1, 0.15) is 24.0 Å². The molecule has 2 aromatic rings. The first kappa shape index (κ1) is 24.6. The Hall–Kier alpha value is -3.62. The largest absolute Gasteiger partial charge is 0.487 e. The second kappa shape index (κ2) is 11.1. The van der Waals surface area contributed by atoms with Gasteiger partial charge in [-0.25, -0.2) is 9.59 Å². The van der Waals surface area contributed by atoms with Gasteiger partial charge in [0.25, 0.3) is 0 Å². The van der Waals surface area contributed by atoms with Crippen LogP contribution in [0.25, 0.3) is 0 Å². The highest BCUT2D eigenvalue weighted by atomic mass is 16.6. The van der Waals surface area contributed by atoms with Crippen LogP contribution in [0, 0.1) is 5.92 Å². The summed E-state index contributed by atoms with van der Waals surface area (Å²) >= 11 is 0. The molecule has 1 amide bonds. The highest BCUT2D eigenvalue weighted by Gasteiger charge is 2.30. The number of alkyl carbamates (subject to hydrolysis) is 1. The fourth-order valence-corrected chi connectivity index (χ4v) is 2.84. The Balaban J connectivity index is 1.98. The average Bonchev–Trinajstić information content (AvgIpc) is 2.71. The molecule has 0 saturated heterocycles. The third kappa shape index (κ3) is 8.63. The van der Waals surface area contributed by atoms with Crippen LogP contribution in [0.1, 0.15) is 38.4 Å². The number of hydrogen-bond donors (Lipinski definition) is 3. The molecular formula is C23H28N2O7. The summed E-state index contributed by atoms with van der Waals surface area (Å²) in [6, 6.07) is 11.5. The van der Waals surface area contributed by atoms with Gasteiger partial charge < -0.3 is 25.0 Å². The van der Waals surface area contributed by atoms with Gasteiger partial charge in [0, 0.05) is 12.1 Å². The summed E-state index contributed by atoms with van der Waals surface area (Å²) in [6.45, 7) is 5.29. The predicted octanol–water partition coefficient (Wildman–Crippen LogP) is 3.27. The Morgan fingerprint density at radius 1 is 1.03 bits per heavy atom. The van der Waals surface area contributed by atoms with E-state index in [1.54, 1.807) is 32.9 Å². The van der Waals surface area contributed by atoms with E-state index in [1.807, 2.05) is 30.3 Å². The van der Waals surface area contributed by atoms with Crippen LogP contribution in [0.4, 0.5) is 4.79 Å². The van der Waals surface area contributed by atoms with Crippen LogP contribution in [0.3, 0.4) is 0 Å². The van der Waals surface area contributed by atoms with Crippen molar-refractivity contribution >= 4 is 18.0 Å². The summed E-state index contributed by atoms with van der Waals surface area (Å²) in [5, 5.41) is 21.2. The molecule has 0 bridgehead atoms. The van der Waals surface area contributed by atoms with E-state index in [1.165, 1.54) is 6.20 Å². The van der Waals surface area contributed by atoms with Gasteiger partial charge in [-0.15, -0.1) is 0 Å². The number of nitrogens with one attached hydrogen (secondary N) is 1. The van der Waals surface area contributed by atoms with Gasteiger partial charge >= 0.3 is 18.0 Å². The molecule has 0 unspecified atom stereocenters. The first-order chi connectivity index (χ1) is 15.0. The Bertz CT molecular complexity index is 908. The summed E-state index contributed by atoms with van der Waals surface area (Å²) in [5.74, 6) is -3.08. The third-order valence-electron chi connectivity index (χ3n) is 4.36. The second-order valence-corrected chi connectivity index (χ2v) is 8.27. The minimum Gasteiger partial charge on any atom is -0.487 e. The van der Waals surface area contributed by atoms with Crippen molar-refractivity contribution in [3.05, 3.63) is 59.9 Å². The van der Waals surface area contributed by atoms with E-state index in [-0.39, 0.29) is 12.8 Å². The standard InChI is InChI=1S/C23H28N2O7/c1-23(2,3)32-22(30)25-19(21(28)29)12-16(20(26)27)11-17-9-10-18(13-24-17)31-14-15-7-5-4-6-8-15/h4-10,13,16,19H,11-12,14H2,1-3H3,(H,25,30)(H,26,27)(H,28,29)/t16-,19-/m0/s1. The maximum Gasteiger partial charge on any atom is 0.408 e. The van der Waals surface area contributed by atoms with Crippen molar-refractivity contribution in [1.29, 1.82) is 0 Å². The van der Waals surface area contributed by atoms with E-state index in [0.717, 1.165) is 5.56 Å². The first-order valence-electron chi connectivity index (χ1n) is 10.1. The lowest BCUT2D eigenvalue weighted by Gasteiger charge is -2.23. The van der Waals surface area contributed by atoms with Crippen molar-refractivity contribution in [3.63, 3.8) is 0 Å². The molecular weight excluding hydrogens is 416 g/mol. The summed E-state index contributed by atoms with van der Waals surface area (Å²) in [5.41, 5.74) is 0.652. The van der Waals surface area contributed by atoms with Crippen LogP contribution < -0.4 is 10.1 Å². The lowest BCUT2D eigenvalue weighted by Crippen LogP contribution is -2.45. The molecule has 9 nitrogen and oxygen atoms in total. The number of benzene rings is 1. The maximum absolute atomic E-state index is 11.9. The smallest absolute Gasteiger partial charge is 0.408 e. The van der Waals surface area contributed by atoms with E-state index in [4.69, 9.17) is 9.47 Å². The highest BCUT2D eigenvalue weighted by Crippen LogP contribution is 2.18. The zero-order valence-corrected chi connectivity index (χ0v) is 18.3. The van der Waals surface area contributed by atoms with Crippen molar-refractivity contribution in [2.45, 2.75) is 51.9 Å². The molecule has 1 heterocycles. The summed E-state index contributed by atoms with van der Waals surface area (Å²) in [4.78, 5) is 39.4. The van der Waals surface area contributed by atoms with Crippen molar-refractivity contribution in [2.24, 2.45) is 5.92 Å². The second-order valence-electron chi connectivity index (χ2n) is 8.27. The number of carbonyl (C=O) groups is 3. The molecule has 32 heavy (non-hydrogen) atoms. The minimum atomic E-state index is -1.42. The third-order valence-corrected chi connectivity index (χ3v) is 4.36. The Morgan fingerprint density at radius 2 is 1.72 bits per heavy atom. The number of hydrogen-bond acceptors (Lipinski definition) is 6. The number of pyridine rings is 1. The van der Waals surface area contributed by atoms with Gasteiger partial charge in [-0.2, -0.15) is 0 Å². The zero-order valence-electron chi connectivity index (χ0n) is 18.3. The van der Waals surface area contributed by atoms with Crippen LogP contribution in [0.5, 0.6) is 5.75 Å². The van der Waals surface area contributed by atoms with Gasteiger partial charge in [0.2, 0.25) is 0 Å². The molecule has 2 atom stereocenters. The number of rotatable bonds is 10. The van der Waals surface area contributed by atoms with Crippen LogP contribution in [-0.2, 0) is 27.4 Å². The van der Waals surface area contributed by atoms with Gasteiger partial charge in [0.15, 0.2) is 0 Å². The number of ether oxygens (including phenoxy) is 2. The molecule has 1 aromatic heterocycles. The molecule has 1 aromatic carbocycles. The zero-order chi connectivity index (χ0) is 23.7. The maximum atomic E-state index is 11.9. The van der Waals surface area contributed by atoms with Crippen LogP contribution in [0.2, 0.25) is 0 Å². The summed E-state index contributed by atoms with van der Waals surface area (Å²) < 4.78 is 10.7. The van der Waals surface area contributed by atoms with E-state index >= 15 is 0 Å². The molecule has 0 radical (unpaired) electrons. The summed E-state index contributed by atoms with van der Waals surface area (Å²) in [6.07, 6.45) is 0.239. The minimum absolute atomic E-state index is 0.00588. The quantitative estimate of drug-likeness (QED) is 0.508. The van der Waals surface area contributed by atoms with Crippen molar-refractivity contribution in [3.8, 4) is 5.75 Å². The summed E-state index contributed by atoms with van der Waals surface area (Å²) in [7, 11) is 0. The Morgan fingerprint density at radius 3 is 2.25 bits per heavy atom. The molecule has 2 rings (SSSR count). The number of nitrogens with zero attached hydrogens (tertiary/aromatic N) is 1. The number of amides is 1. The normalized spacial score (nSPS) is 13.0. The van der Waals surface area contributed by atoms with E-state index in [0.29, 0.717) is 18.1 Å². The Kier molecular flexibility index (Phi) is 8.57. The molecule has 172 valence electrons. The molecule has 0 aliphatic rings. The fraction of sp³-hybridized carbons (Fsp3) is 0.391. The molecule has 0 spiro atoms. The SMILES string of the molecule is CC(C)(C)OC(=O)N[C@@H](C[C@H](Cc1ccc(OCc2ccccc2)cn1)C(=O)O)C(=O)O. The molecule has 0 fully saturated rings. The number of carbonyl (C=O) groups excluding carboxylic acids is 1. The fourth-order valence-electron chi connectivity index (χ4n) is 2.84. The van der Waals surface area contributed by atoms with Crippen molar-refractivity contribution in [1.82, 2.24) is 10.3 Å². The topological polar surface area (TPSA) is 135 Å². The number of aliphatic carboxylic acids is 2. The number of carboxylic acids is 2. The van der Waals surface area contributed by atoms with Crippen LogP contribution >= 0.6 is 0 Å². The van der Waals surface area contributed by atoms with E-state index in [9.17, 15) is 24.6 Å². The van der Waals surface area contributed by atoms with Gasteiger partial charge in [-0.1, -0.05) is 30.3 Å². The molecule has 0 aliphatic heterocycles. The predicted molar refractivity (Wildman–Crippen MR) is 115 cm³/mol. The Labute approximate surface area is 186 Å². The van der Waals surface area contributed by atoms with Gasteiger partial charge in [-0.05, 0) is 44.9 Å². The number of carboxylic acid groups (broad SMARTS) is 2. The monoisotopic (exact) mass is 444 g/mol. The van der Waals surface area contributed by atoms with Crippen molar-refractivity contribution in [2.75, 3.05) is 0 Å². The van der Waals surface area contributed by atoms with Crippen LogP contribution in [0.15, 0.2) is 48.7 Å². The first-order valence-corrected chi connectivity index (χ1v) is 10.1. The van der Waals surface area contributed by atoms with Crippen molar-refractivity contribution < 1.29 is 34.1 Å². The van der Waals surface area contributed by atoms with Crippen LogP contribution in [-0.4, -0.2) is 44.9 Å².